The van der Waals surface area contributed by atoms with Gasteiger partial charge in [-0.25, -0.2) is 0 Å². The molecule has 0 aromatic heterocycles. The number of carboxylic acids is 1. The van der Waals surface area contributed by atoms with Gasteiger partial charge in [0.25, 0.3) is 0 Å². The van der Waals surface area contributed by atoms with Gasteiger partial charge in [-0.15, -0.1) is 0 Å². The summed E-state index contributed by atoms with van der Waals surface area (Å²) in [6.07, 6.45) is 1.57. The van der Waals surface area contributed by atoms with E-state index in [2.05, 4.69) is 0 Å². The molecule has 0 saturated carbocycles. The summed E-state index contributed by atoms with van der Waals surface area (Å²) >= 11 is 0. The fraction of sp³-hybridized carbons (Fsp3) is 0.529. The summed E-state index contributed by atoms with van der Waals surface area (Å²) in [4.78, 5) is 23.5. The highest BCUT2D eigenvalue weighted by molar-refractivity contribution is 5.80. The summed E-state index contributed by atoms with van der Waals surface area (Å²) < 4.78 is 5.26. The maximum absolute atomic E-state index is 12.0. The normalized spacial score (nSPS) is 18.9. The number of aliphatic carboxylic acids is 1. The molecule has 0 fully saturated rings. The maximum Gasteiger partial charge on any atom is 0.307 e. The molecule has 0 radical (unpaired) electrons. The average Bonchev–Trinajstić information content (AvgIpc) is 2.77. The number of carboxylic acid groups (broad SMARTS) is 1. The molecule has 0 bridgehead atoms. The van der Waals surface area contributed by atoms with E-state index < -0.39 is 23.5 Å². The molecule has 1 aliphatic rings. The van der Waals surface area contributed by atoms with E-state index in [1.54, 1.807) is 20.8 Å². The molecular weight excluding hydrogens is 268 g/mol. The first-order valence-corrected chi connectivity index (χ1v) is 7.30. The Morgan fingerprint density at radius 2 is 2.00 bits per heavy atom. The lowest BCUT2D eigenvalue weighted by Gasteiger charge is -2.23. The van der Waals surface area contributed by atoms with Crippen LogP contribution in [0, 0.1) is 5.92 Å². The van der Waals surface area contributed by atoms with Crippen molar-refractivity contribution in [2.75, 3.05) is 0 Å². The van der Waals surface area contributed by atoms with Crippen LogP contribution in [0.15, 0.2) is 24.3 Å². The number of aryl methyl sites for hydroxylation is 1. The number of carbonyl (C=O) groups is 2. The van der Waals surface area contributed by atoms with Gasteiger partial charge in [0.1, 0.15) is 5.60 Å². The molecule has 1 aliphatic carbocycles. The van der Waals surface area contributed by atoms with Crippen molar-refractivity contribution in [1.29, 1.82) is 0 Å². The van der Waals surface area contributed by atoms with Crippen molar-refractivity contribution in [3.8, 4) is 0 Å². The topological polar surface area (TPSA) is 63.6 Å². The van der Waals surface area contributed by atoms with Crippen LogP contribution in [0.25, 0.3) is 0 Å². The quantitative estimate of drug-likeness (QED) is 0.865. The van der Waals surface area contributed by atoms with E-state index in [-0.39, 0.29) is 12.3 Å². The number of hydrogen-bond donors (Lipinski definition) is 1. The predicted octanol–water partition coefficient (Wildman–Crippen LogP) is 3.15. The highest BCUT2D eigenvalue weighted by atomic mass is 16.6. The minimum atomic E-state index is -0.928. The van der Waals surface area contributed by atoms with Crippen LogP contribution in [0.5, 0.6) is 0 Å². The van der Waals surface area contributed by atoms with Gasteiger partial charge in [0.2, 0.25) is 0 Å². The van der Waals surface area contributed by atoms with Crippen LogP contribution in [0.3, 0.4) is 0 Å². The molecule has 2 rings (SSSR count). The smallest absolute Gasteiger partial charge is 0.307 e. The van der Waals surface area contributed by atoms with Gasteiger partial charge in [0.15, 0.2) is 0 Å². The third kappa shape index (κ3) is 3.84. The molecule has 0 spiro atoms. The van der Waals surface area contributed by atoms with Crippen molar-refractivity contribution in [2.45, 2.75) is 51.6 Å². The molecule has 0 amide bonds. The second-order valence-corrected chi connectivity index (χ2v) is 6.58. The first-order chi connectivity index (χ1) is 9.78. The van der Waals surface area contributed by atoms with Gasteiger partial charge in [-0.2, -0.15) is 0 Å². The van der Waals surface area contributed by atoms with E-state index in [9.17, 15) is 14.7 Å². The molecule has 2 atom stereocenters. The summed E-state index contributed by atoms with van der Waals surface area (Å²) in [5.74, 6) is -2.20. The number of carbonyl (C=O) groups excluding carboxylic acids is 1. The second kappa shape index (κ2) is 5.88. The Bertz CT molecular complexity index is 542. The number of ether oxygens (including phenoxy) is 1. The first-order valence-electron chi connectivity index (χ1n) is 7.30. The lowest BCUT2D eigenvalue weighted by Crippen LogP contribution is -2.29. The lowest BCUT2D eigenvalue weighted by atomic mass is 9.85. The number of fused-ring (bicyclic) bond motifs is 1. The number of esters is 1. The maximum atomic E-state index is 12.0. The second-order valence-electron chi connectivity index (χ2n) is 6.58. The van der Waals surface area contributed by atoms with Crippen molar-refractivity contribution < 1.29 is 19.4 Å². The molecule has 1 aromatic carbocycles. The minimum Gasteiger partial charge on any atom is -0.481 e. The summed E-state index contributed by atoms with van der Waals surface area (Å²) in [7, 11) is 0. The molecule has 4 nitrogen and oxygen atoms in total. The molecule has 0 heterocycles. The third-order valence-corrected chi connectivity index (χ3v) is 3.79. The average molecular weight is 290 g/mol. The Morgan fingerprint density at radius 3 is 2.62 bits per heavy atom. The molecule has 1 aromatic rings. The fourth-order valence-electron chi connectivity index (χ4n) is 2.97. The van der Waals surface area contributed by atoms with Gasteiger partial charge in [0, 0.05) is 0 Å². The molecule has 0 saturated heterocycles. The van der Waals surface area contributed by atoms with Crippen LogP contribution in [-0.4, -0.2) is 22.6 Å². The summed E-state index contributed by atoms with van der Waals surface area (Å²) in [5, 5.41) is 9.50. The first kappa shape index (κ1) is 15.5. The zero-order valence-corrected chi connectivity index (χ0v) is 12.8. The number of rotatable bonds is 4. The largest absolute Gasteiger partial charge is 0.481 e. The Kier molecular flexibility index (Phi) is 4.35. The standard InChI is InChI=1S/C17H22O4/c1-17(2,3)21-15(18)10-14(16(19)20)13-9-8-11-6-4-5-7-12(11)13/h4-7,13-14H,8-10H2,1-3H3,(H,19,20). The van der Waals surface area contributed by atoms with Crippen LogP contribution in [0.2, 0.25) is 0 Å². The molecule has 2 unspecified atom stereocenters. The van der Waals surface area contributed by atoms with Gasteiger partial charge in [-0.05, 0) is 50.7 Å². The number of benzene rings is 1. The van der Waals surface area contributed by atoms with Gasteiger partial charge in [0.05, 0.1) is 12.3 Å². The van der Waals surface area contributed by atoms with Crippen LogP contribution in [-0.2, 0) is 20.7 Å². The van der Waals surface area contributed by atoms with Crippen LogP contribution in [0.1, 0.15) is 50.7 Å². The van der Waals surface area contributed by atoms with Crippen molar-refractivity contribution in [3.05, 3.63) is 35.4 Å². The van der Waals surface area contributed by atoms with Crippen LogP contribution >= 0.6 is 0 Å². The third-order valence-electron chi connectivity index (χ3n) is 3.79. The Hall–Kier alpha value is -1.84. The Morgan fingerprint density at radius 1 is 1.33 bits per heavy atom. The van der Waals surface area contributed by atoms with E-state index >= 15 is 0 Å². The van der Waals surface area contributed by atoms with Gasteiger partial charge >= 0.3 is 11.9 Å². The highest BCUT2D eigenvalue weighted by Crippen LogP contribution is 2.40. The van der Waals surface area contributed by atoms with Gasteiger partial charge < -0.3 is 9.84 Å². The van der Waals surface area contributed by atoms with Crippen LogP contribution < -0.4 is 0 Å². The molecule has 4 heteroatoms. The molecule has 0 aliphatic heterocycles. The molecular formula is C17H22O4. The number of hydrogen-bond acceptors (Lipinski definition) is 3. The van der Waals surface area contributed by atoms with Gasteiger partial charge in [-0.3, -0.25) is 9.59 Å². The van der Waals surface area contributed by atoms with Crippen molar-refractivity contribution in [1.82, 2.24) is 0 Å². The monoisotopic (exact) mass is 290 g/mol. The van der Waals surface area contributed by atoms with Gasteiger partial charge in [-0.1, -0.05) is 24.3 Å². The van der Waals surface area contributed by atoms with Crippen molar-refractivity contribution in [2.24, 2.45) is 5.92 Å². The SMILES string of the molecule is CC(C)(C)OC(=O)CC(C(=O)O)C1CCc2ccccc21. The minimum absolute atomic E-state index is 0.0778. The van der Waals surface area contributed by atoms with E-state index in [4.69, 9.17) is 4.74 Å². The van der Waals surface area contributed by atoms with E-state index in [1.165, 1.54) is 5.56 Å². The zero-order valence-electron chi connectivity index (χ0n) is 12.8. The lowest BCUT2D eigenvalue weighted by molar-refractivity contribution is -0.160. The molecule has 21 heavy (non-hydrogen) atoms. The summed E-state index contributed by atoms with van der Waals surface area (Å²) in [6, 6.07) is 7.88. The Balaban J connectivity index is 2.14. The molecule has 1 N–H and O–H groups in total. The summed E-state index contributed by atoms with van der Waals surface area (Å²) in [6.45, 7) is 5.35. The van der Waals surface area contributed by atoms with E-state index in [0.717, 1.165) is 18.4 Å². The van der Waals surface area contributed by atoms with E-state index in [1.807, 2.05) is 24.3 Å². The summed E-state index contributed by atoms with van der Waals surface area (Å²) in [5.41, 5.74) is 1.67. The van der Waals surface area contributed by atoms with Crippen LogP contribution in [0.4, 0.5) is 0 Å². The zero-order chi connectivity index (χ0) is 15.6. The van der Waals surface area contributed by atoms with Crippen molar-refractivity contribution in [3.63, 3.8) is 0 Å². The van der Waals surface area contributed by atoms with Crippen molar-refractivity contribution >= 4 is 11.9 Å². The predicted molar refractivity (Wildman–Crippen MR) is 79.1 cm³/mol. The highest BCUT2D eigenvalue weighted by Gasteiger charge is 2.36. The molecule has 114 valence electrons. The Labute approximate surface area is 125 Å². The van der Waals surface area contributed by atoms with E-state index in [0.29, 0.717) is 0 Å². The fourth-order valence-corrected chi connectivity index (χ4v) is 2.97.